The van der Waals surface area contributed by atoms with Gasteiger partial charge in [0, 0.05) is 11.4 Å². The van der Waals surface area contributed by atoms with Crippen LogP contribution < -0.4 is 10.5 Å². The van der Waals surface area contributed by atoms with Crippen molar-refractivity contribution in [3.8, 4) is 0 Å². The molecule has 0 fully saturated rings. The Morgan fingerprint density at radius 1 is 0.875 bits per heavy atom. The van der Waals surface area contributed by atoms with Gasteiger partial charge in [-0.05, 0) is 36.4 Å². The van der Waals surface area contributed by atoms with Gasteiger partial charge in [-0.3, -0.25) is 5.21 Å². The predicted molar refractivity (Wildman–Crippen MR) is 63.8 cm³/mol. The van der Waals surface area contributed by atoms with Crippen molar-refractivity contribution in [3.63, 3.8) is 0 Å². The molecule has 2 aromatic carbocycles. The van der Waals surface area contributed by atoms with Crippen LogP contribution in [0.25, 0.3) is 0 Å². The smallest absolute Gasteiger partial charge is 0.0510 e. The van der Waals surface area contributed by atoms with Gasteiger partial charge in [0.2, 0.25) is 0 Å². The van der Waals surface area contributed by atoms with Crippen LogP contribution in [0.5, 0.6) is 0 Å². The molecule has 0 saturated heterocycles. The van der Waals surface area contributed by atoms with Crippen LogP contribution in [-0.2, 0) is 0 Å². The predicted octanol–water partition coefficient (Wildman–Crippen LogP) is 3.12. The Morgan fingerprint density at radius 3 is 2.00 bits per heavy atom. The van der Waals surface area contributed by atoms with E-state index in [4.69, 9.17) is 5.21 Å². The molecule has 0 amide bonds. The molecule has 0 radical (unpaired) electrons. The molecule has 0 spiro atoms. The molecule has 0 aromatic heterocycles. The van der Waals surface area contributed by atoms with Crippen LogP contribution >= 0.6 is 0 Å². The van der Waals surface area contributed by atoms with E-state index >= 15 is 0 Å². The summed E-state index contributed by atoms with van der Waals surface area (Å²) in [5, 5.41) is 22.2. The molecule has 0 atom stereocenters. The van der Waals surface area contributed by atoms with Gasteiger partial charge < -0.3 is 15.8 Å². The van der Waals surface area contributed by atoms with Crippen LogP contribution in [0, 0.1) is 5.21 Å². The van der Waals surface area contributed by atoms with Gasteiger partial charge in [0.15, 0.2) is 0 Å². The number of anilines is 3. The Bertz CT molecular complexity index is 440. The molecule has 16 heavy (non-hydrogen) atoms. The molecule has 0 heterocycles. The van der Waals surface area contributed by atoms with Crippen LogP contribution in [0.3, 0.4) is 0 Å². The third kappa shape index (κ3) is 2.50. The molecular weight excluding hydrogens is 204 g/mol. The van der Waals surface area contributed by atoms with Crippen molar-refractivity contribution in [1.29, 1.82) is 0 Å². The zero-order chi connectivity index (χ0) is 11.4. The van der Waals surface area contributed by atoms with Crippen molar-refractivity contribution in [2.24, 2.45) is 0 Å². The number of hydrogen-bond acceptors (Lipinski definition) is 4. The Labute approximate surface area is 93.3 Å². The van der Waals surface area contributed by atoms with Crippen LogP contribution in [0.4, 0.5) is 17.1 Å². The molecule has 0 saturated carbocycles. The summed E-state index contributed by atoms with van der Waals surface area (Å²) in [6, 6.07) is 16.2. The molecule has 4 nitrogen and oxygen atoms in total. The third-order valence-corrected chi connectivity index (χ3v) is 2.15. The van der Waals surface area contributed by atoms with Crippen molar-refractivity contribution < 1.29 is 5.21 Å². The maximum absolute atomic E-state index is 10.6. The summed E-state index contributed by atoms with van der Waals surface area (Å²) >= 11 is 0. The Kier molecular flexibility index (Phi) is 3.05. The maximum atomic E-state index is 10.6. The van der Waals surface area contributed by atoms with Gasteiger partial charge in [0.25, 0.3) is 0 Å². The lowest BCUT2D eigenvalue weighted by Gasteiger charge is -2.21. The highest BCUT2D eigenvalue weighted by Gasteiger charge is 1.95. The highest BCUT2D eigenvalue weighted by atomic mass is 16.8. The van der Waals surface area contributed by atoms with E-state index < -0.39 is 0 Å². The lowest BCUT2D eigenvalue weighted by Crippen LogP contribution is -2.06. The number of hydrogen-bond donors (Lipinski definition) is 2. The van der Waals surface area contributed by atoms with Crippen molar-refractivity contribution in [2.75, 3.05) is 10.5 Å². The fraction of sp³-hybridized carbons (Fsp3) is 0. The van der Waals surface area contributed by atoms with E-state index in [1.54, 1.807) is 12.1 Å². The maximum Gasteiger partial charge on any atom is 0.0510 e. The largest absolute Gasteiger partial charge is 0.733 e. The van der Waals surface area contributed by atoms with E-state index in [1.807, 2.05) is 30.3 Å². The fourth-order valence-corrected chi connectivity index (χ4v) is 1.36. The quantitative estimate of drug-likeness (QED) is 0.772. The zero-order valence-electron chi connectivity index (χ0n) is 8.50. The second-order valence-electron chi connectivity index (χ2n) is 3.31. The van der Waals surface area contributed by atoms with Crippen molar-refractivity contribution in [1.82, 2.24) is 0 Å². The summed E-state index contributed by atoms with van der Waals surface area (Å²) < 4.78 is 0. The highest BCUT2D eigenvalue weighted by Crippen LogP contribution is 2.19. The van der Waals surface area contributed by atoms with Gasteiger partial charge in [-0.2, -0.15) is 0 Å². The standard InChI is InChI=1S/C12H11N2O2/c15-14(16)12-8-6-11(7-9-12)13-10-4-2-1-3-5-10/h1-9,13,15H/q-1. The Morgan fingerprint density at radius 2 is 1.44 bits per heavy atom. The Balaban J connectivity index is 2.11. The highest BCUT2D eigenvalue weighted by molar-refractivity contribution is 5.62. The van der Waals surface area contributed by atoms with E-state index in [0.29, 0.717) is 0 Å². The van der Waals surface area contributed by atoms with Crippen LogP contribution in [0.15, 0.2) is 54.6 Å². The normalized spacial score (nSPS) is 9.88. The average molecular weight is 215 g/mol. The van der Waals surface area contributed by atoms with Gasteiger partial charge in [0.1, 0.15) is 0 Å². The average Bonchev–Trinajstić information content (AvgIpc) is 2.31. The van der Waals surface area contributed by atoms with Gasteiger partial charge in [-0.15, -0.1) is 0 Å². The summed E-state index contributed by atoms with van der Waals surface area (Å²) in [5.74, 6) is 0. The number of nitrogens with one attached hydrogen (secondary N) is 1. The van der Waals surface area contributed by atoms with Crippen molar-refractivity contribution in [2.45, 2.75) is 0 Å². The first kappa shape index (κ1) is 10.5. The number of benzene rings is 2. The number of para-hydroxylation sites is 1. The summed E-state index contributed by atoms with van der Waals surface area (Å²) in [4.78, 5) is 0. The van der Waals surface area contributed by atoms with E-state index in [-0.39, 0.29) is 10.9 Å². The van der Waals surface area contributed by atoms with Crippen molar-refractivity contribution in [3.05, 3.63) is 59.8 Å². The van der Waals surface area contributed by atoms with E-state index in [9.17, 15) is 5.21 Å². The summed E-state index contributed by atoms with van der Waals surface area (Å²) in [7, 11) is 0. The Hall–Kier alpha value is -2.04. The molecule has 0 bridgehead atoms. The van der Waals surface area contributed by atoms with Crippen LogP contribution in [0.1, 0.15) is 0 Å². The minimum atomic E-state index is -0.160. The summed E-state index contributed by atoms with van der Waals surface area (Å²) in [6.45, 7) is 0. The van der Waals surface area contributed by atoms with E-state index in [0.717, 1.165) is 11.4 Å². The molecule has 2 N–H and O–H groups in total. The molecule has 0 unspecified atom stereocenters. The number of nitrogens with zero attached hydrogens (tertiary/aromatic N) is 1. The first-order valence-corrected chi connectivity index (χ1v) is 4.84. The molecule has 0 aliphatic carbocycles. The third-order valence-electron chi connectivity index (χ3n) is 2.15. The lowest BCUT2D eigenvalue weighted by atomic mass is 10.2. The van der Waals surface area contributed by atoms with E-state index in [2.05, 4.69) is 5.32 Å². The zero-order valence-corrected chi connectivity index (χ0v) is 8.50. The van der Waals surface area contributed by atoms with Gasteiger partial charge in [-0.25, -0.2) is 0 Å². The van der Waals surface area contributed by atoms with Crippen molar-refractivity contribution >= 4 is 17.1 Å². The molecule has 4 heteroatoms. The molecule has 0 aliphatic heterocycles. The molecule has 82 valence electrons. The topological polar surface area (TPSA) is 58.6 Å². The minimum absolute atomic E-state index is 0.160. The number of rotatable bonds is 3. The second-order valence-corrected chi connectivity index (χ2v) is 3.31. The molecular formula is C12H11N2O2-. The monoisotopic (exact) mass is 215 g/mol. The minimum Gasteiger partial charge on any atom is -0.733 e. The lowest BCUT2D eigenvalue weighted by molar-refractivity contribution is 0.296. The molecule has 2 aromatic rings. The van der Waals surface area contributed by atoms with Gasteiger partial charge in [-0.1, -0.05) is 18.2 Å². The fourth-order valence-electron chi connectivity index (χ4n) is 1.36. The van der Waals surface area contributed by atoms with Gasteiger partial charge >= 0.3 is 0 Å². The van der Waals surface area contributed by atoms with Crippen LogP contribution in [-0.4, -0.2) is 5.21 Å². The summed E-state index contributed by atoms with van der Waals surface area (Å²) in [6.07, 6.45) is 0. The van der Waals surface area contributed by atoms with Gasteiger partial charge in [0.05, 0.1) is 5.69 Å². The second kappa shape index (κ2) is 4.65. The SMILES string of the molecule is [O-]N(O)c1ccc(Nc2ccccc2)cc1. The first-order valence-electron chi connectivity index (χ1n) is 4.84. The van der Waals surface area contributed by atoms with E-state index in [1.165, 1.54) is 12.1 Å². The first-order chi connectivity index (χ1) is 7.75. The molecule has 0 aliphatic rings. The van der Waals surface area contributed by atoms with Crippen LogP contribution in [0.2, 0.25) is 0 Å². The summed E-state index contributed by atoms with van der Waals surface area (Å²) in [5.41, 5.74) is 2.04. The molecule has 2 rings (SSSR count).